The number of hydrogen-bond donors (Lipinski definition) is 2. The van der Waals surface area contributed by atoms with Crippen LogP contribution in [0.1, 0.15) is 76.1 Å². The molecule has 7 heteroatoms. The Kier molecular flexibility index (Phi) is 10.3. The molecule has 1 saturated carbocycles. The van der Waals surface area contributed by atoms with Gasteiger partial charge in [-0.25, -0.2) is 0 Å². The molecule has 0 spiro atoms. The molecule has 1 heterocycles. The van der Waals surface area contributed by atoms with Crippen LogP contribution in [0.5, 0.6) is 0 Å². The van der Waals surface area contributed by atoms with Crippen molar-refractivity contribution in [2.24, 2.45) is 17.8 Å². The fourth-order valence-corrected chi connectivity index (χ4v) is 5.51. The van der Waals surface area contributed by atoms with Gasteiger partial charge in [-0.2, -0.15) is 0 Å². The van der Waals surface area contributed by atoms with Gasteiger partial charge in [0.05, 0.1) is 11.3 Å². The Balaban J connectivity index is 1.48. The van der Waals surface area contributed by atoms with Crippen LogP contribution in [0, 0.1) is 17.8 Å². The number of nitrogens with one attached hydrogen (secondary N) is 2. The molecule has 6 nitrogen and oxygen atoms in total. The van der Waals surface area contributed by atoms with Gasteiger partial charge in [0.15, 0.2) is 0 Å². The van der Waals surface area contributed by atoms with Gasteiger partial charge in [0.25, 0.3) is 5.91 Å². The summed E-state index contributed by atoms with van der Waals surface area (Å²) < 4.78 is 0. The van der Waals surface area contributed by atoms with Crippen molar-refractivity contribution in [3.05, 3.63) is 29.8 Å². The van der Waals surface area contributed by atoms with Crippen molar-refractivity contribution in [2.75, 3.05) is 25.4 Å². The van der Waals surface area contributed by atoms with Crippen LogP contribution in [0.3, 0.4) is 0 Å². The molecule has 1 aliphatic carbocycles. The van der Waals surface area contributed by atoms with Crippen molar-refractivity contribution >= 4 is 29.5 Å². The first-order valence-electron chi connectivity index (χ1n) is 12.9. The van der Waals surface area contributed by atoms with Crippen LogP contribution in [0.4, 0.5) is 0 Å². The molecule has 0 bridgehead atoms. The molecular weight excluding hydrogens is 446 g/mol. The third-order valence-corrected chi connectivity index (χ3v) is 8.39. The molecule has 2 fully saturated rings. The van der Waals surface area contributed by atoms with Crippen LogP contribution in [-0.4, -0.2) is 54.1 Å². The lowest BCUT2D eigenvalue weighted by Gasteiger charge is -2.32. The molecule has 3 rings (SSSR count). The normalized spacial score (nSPS) is 18.5. The number of carbonyl (C=O) groups is 3. The van der Waals surface area contributed by atoms with E-state index in [9.17, 15) is 14.4 Å². The van der Waals surface area contributed by atoms with E-state index in [4.69, 9.17) is 0 Å². The van der Waals surface area contributed by atoms with E-state index in [2.05, 4.69) is 24.5 Å². The van der Waals surface area contributed by atoms with Crippen molar-refractivity contribution < 1.29 is 14.4 Å². The second-order valence-corrected chi connectivity index (χ2v) is 11.2. The molecule has 1 aromatic carbocycles. The summed E-state index contributed by atoms with van der Waals surface area (Å²) >= 11 is 1.43. The Labute approximate surface area is 209 Å². The van der Waals surface area contributed by atoms with Crippen LogP contribution in [0.15, 0.2) is 29.2 Å². The minimum Gasteiger partial charge on any atom is -0.355 e. The summed E-state index contributed by atoms with van der Waals surface area (Å²) in [7, 11) is 0. The summed E-state index contributed by atoms with van der Waals surface area (Å²) in [5, 5.41) is 6.19. The van der Waals surface area contributed by atoms with E-state index in [0.717, 1.165) is 11.4 Å². The molecule has 1 saturated heterocycles. The van der Waals surface area contributed by atoms with Gasteiger partial charge < -0.3 is 15.5 Å². The van der Waals surface area contributed by atoms with Crippen LogP contribution >= 0.6 is 11.8 Å². The van der Waals surface area contributed by atoms with Gasteiger partial charge in [0.1, 0.15) is 0 Å². The lowest BCUT2D eigenvalue weighted by atomic mass is 9.89. The lowest BCUT2D eigenvalue weighted by molar-refractivity contribution is -0.127. The van der Waals surface area contributed by atoms with E-state index in [1.54, 1.807) is 0 Å². The highest BCUT2D eigenvalue weighted by Gasteiger charge is 2.29. The van der Waals surface area contributed by atoms with Crippen molar-refractivity contribution in [2.45, 2.75) is 76.7 Å². The molecule has 1 atom stereocenters. The monoisotopic (exact) mass is 487 g/mol. The summed E-state index contributed by atoms with van der Waals surface area (Å²) in [6.07, 6.45) is 7.63. The van der Waals surface area contributed by atoms with Crippen molar-refractivity contribution in [1.29, 1.82) is 0 Å². The quantitative estimate of drug-likeness (QED) is 0.503. The predicted octanol–water partition coefficient (Wildman–Crippen LogP) is 4.49. The van der Waals surface area contributed by atoms with Crippen LogP contribution in [0.25, 0.3) is 0 Å². The Morgan fingerprint density at radius 2 is 1.68 bits per heavy atom. The van der Waals surface area contributed by atoms with E-state index in [0.29, 0.717) is 49.1 Å². The Morgan fingerprint density at radius 3 is 2.35 bits per heavy atom. The number of benzene rings is 1. The van der Waals surface area contributed by atoms with E-state index >= 15 is 0 Å². The molecular formula is C27H41N3O3S. The van der Waals surface area contributed by atoms with Crippen molar-refractivity contribution in [1.82, 2.24) is 15.5 Å². The summed E-state index contributed by atoms with van der Waals surface area (Å²) in [5.41, 5.74) is 0.643. The molecule has 2 N–H and O–H groups in total. The standard InChI is InChI=1S/C27H41N3O3S/c1-19(2)20(3)29-26(32)22-13-15-30(16-14-22)27(33)23-11-7-8-12-24(23)34-18-25(31)28-17-21-9-5-4-6-10-21/h7-8,11-12,19-22H,4-6,9-10,13-18H2,1-3H3,(H,28,31)(H,29,32). The number of carbonyl (C=O) groups excluding carboxylic acids is 3. The Morgan fingerprint density at radius 1 is 1.00 bits per heavy atom. The van der Waals surface area contributed by atoms with E-state index < -0.39 is 0 Å². The number of thioether (sulfide) groups is 1. The van der Waals surface area contributed by atoms with E-state index in [1.165, 1.54) is 43.9 Å². The van der Waals surface area contributed by atoms with E-state index in [-0.39, 0.29) is 29.7 Å². The summed E-state index contributed by atoms with van der Waals surface area (Å²) in [6.45, 7) is 8.15. The lowest BCUT2D eigenvalue weighted by Crippen LogP contribution is -2.45. The SMILES string of the molecule is CC(C)C(C)NC(=O)C1CCN(C(=O)c2ccccc2SCC(=O)NCC2CCCCC2)CC1. The Hall–Kier alpha value is -2.02. The molecule has 0 aromatic heterocycles. The summed E-state index contributed by atoms with van der Waals surface area (Å²) in [6, 6.07) is 7.68. The summed E-state index contributed by atoms with van der Waals surface area (Å²) in [5.74, 6) is 1.39. The molecule has 34 heavy (non-hydrogen) atoms. The molecule has 0 radical (unpaired) electrons. The maximum Gasteiger partial charge on any atom is 0.254 e. The number of nitrogens with zero attached hydrogens (tertiary/aromatic N) is 1. The number of likely N-dealkylation sites (tertiary alicyclic amines) is 1. The maximum absolute atomic E-state index is 13.3. The zero-order chi connectivity index (χ0) is 24.5. The van der Waals surface area contributed by atoms with Gasteiger partial charge in [-0.3, -0.25) is 14.4 Å². The molecule has 1 aromatic rings. The average molecular weight is 488 g/mol. The van der Waals surface area contributed by atoms with Crippen molar-refractivity contribution in [3.63, 3.8) is 0 Å². The number of amides is 3. The zero-order valence-corrected chi connectivity index (χ0v) is 21.8. The van der Waals surface area contributed by atoms with Gasteiger partial charge in [0.2, 0.25) is 11.8 Å². The second kappa shape index (κ2) is 13.2. The van der Waals surface area contributed by atoms with Crippen molar-refractivity contribution in [3.8, 4) is 0 Å². The highest BCUT2D eigenvalue weighted by atomic mass is 32.2. The second-order valence-electron chi connectivity index (χ2n) is 10.2. The van der Waals surface area contributed by atoms with Crippen LogP contribution in [-0.2, 0) is 9.59 Å². The number of rotatable bonds is 9. The first kappa shape index (κ1) is 26.6. The fraction of sp³-hybridized carbons (Fsp3) is 0.667. The fourth-order valence-electron chi connectivity index (χ4n) is 4.64. The Bertz CT molecular complexity index is 830. The average Bonchev–Trinajstić information content (AvgIpc) is 2.86. The van der Waals surface area contributed by atoms with Crippen LogP contribution < -0.4 is 10.6 Å². The minimum absolute atomic E-state index is 0.0138. The third kappa shape index (κ3) is 7.76. The predicted molar refractivity (Wildman–Crippen MR) is 138 cm³/mol. The molecule has 1 aliphatic heterocycles. The first-order chi connectivity index (χ1) is 16.3. The zero-order valence-electron chi connectivity index (χ0n) is 21.0. The van der Waals surface area contributed by atoms with Crippen LogP contribution in [0.2, 0.25) is 0 Å². The number of piperidine rings is 1. The smallest absolute Gasteiger partial charge is 0.254 e. The third-order valence-electron chi connectivity index (χ3n) is 7.31. The molecule has 3 amide bonds. The van der Waals surface area contributed by atoms with Gasteiger partial charge >= 0.3 is 0 Å². The van der Waals surface area contributed by atoms with Gasteiger partial charge in [0, 0.05) is 36.5 Å². The van der Waals surface area contributed by atoms with Gasteiger partial charge in [-0.05, 0) is 56.6 Å². The molecule has 188 valence electrons. The first-order valence-corrected chi connectivity index (χ1v) is 13.9. The molecule has 1 unspecified atom stereocenters. The largest absolute Gasteiger partial charge is 0.355 e. The highest BCUT2D eigenvalue weighted by Crippen LogP contribution is 2.27. The topological polar surface area (TPSA) is 78.5 Å². The van der Waals surface area contributed by atoms with Gasteiger partial charge in [-0.15, -0.1) is 11.8 Å². The molecule has 2 aliphatic rings. The number of hydrogen-bond acceptors (Lipinski definition) is 4. The van der Waals surface area contributed by atoms with E-state index in [1.807, 2.05) is 36.1 Å². The summed E-state index contributed by atoms with van der Waals surface area (Å²) in [4.78, 5) is 40.9. The minimum atomic E-state index is -0.0391. The highest BCUT2D eigenvalue weighted by molar-refractivity contribution is 8.00. The maximum atomic E-state index is 13.3. The van der Waals surface area contributed by atoms with Gasteiger partial charge in [-0.1, -0.05) is 45.2 Å².